The number of hydrogen-bond acceptors (Lipinski definition) is 0. The maximum atomic E-state index is 2.48. The van der Waals surface area contributed by atoms with E-state index in [0.717, 1.165) is 5.69 Å². The normalized spacial score (nSPS) is 12.4. The van der Waals surface area contributed by atoms with Gasteiger partial charge < -0.3 is 9.13 Å². The highest BCUT2D eigenvalue weighted by molar-refractivity contribution is 6.13. The number of aromatic nitrogens is 2. The quantitative estimate of drug-likeness (QED) is 0.176. The van der Waals surface area contributed by atoms with Crippen LogP contribution >= 0.6 is 0 Å². The molecule has 2 heterocycles. The average molecular weight is 673 g/mol. The maximum absolute atomic E-state index is 2.48. The summed E-state index contributed by atoms with van der Waals surface area (Å²) in [6.45, 7) is 13.9. The molecule has 2 heteroatoms. The van der Waals surface area contributed by atoms with Crippen LogP contribution in [0.3, 0.4) is 0 Å². The monoisotopic (exact) mass is 672 g/mol. The van der Waals surface area contributed by atoms with Gasteiger partial charge in [-0.05, 0) is 105 Å². The standard InChI is InChI=1S/C50H44N2/c1-49(2,3)37-29-38(50(4,5)6)31-40(30-37)52-45-20-14-13-19-41(45)44-32-39(23-26-48(44)52)51-46-24-21-35(33-15-9-7-10-16-33)27-42(46)43-28-36(22-25-47(43)51)34-17-11-8-12-18-34/h7-32H,1-6H3. The SMILES string of the molecule is CC(C)(C)c1cc(-n2c3ccccc3c3cc(-n4c5ccc(-c6ccccc6)cc5c5cc(-c6ccccc6)ccc54)ccc32)cc(C(C)(C)C)c1. The minimum absolute atomic E-state index is 0.0270. The first kappa shape index (κ1) is 32.1. The number of nitrogens with zero attached hydrogens (tertiary/aromatic N) is 2. The van der Waals surface area contributed by atoms with E-state index in [1.54, 1.807) is 0 Å². The molecule has 2 nitrogen and oxygen atoms in total. The zero-order valence-corrected chi connectivity index (χ0v) is 30.9. The lowest BCUT2D eigenvalue weighted by molar-refractivity contribution is 0.568. The topological polar surface area (TPSA) is 9.86 Å². The summed E-state index contributed by atoms with van der Waals surface area (Å²) < 4.78 is 4.93. The first-order chi connectivity index (χ1) is 25.0. The molecule has 0 spiro atoms. The van der Waals surface area contributed by atoms with Crippen LogP contribution in [0.15, 0.2) is 158 Å². The number of rotatable bonds is 4. The van der Waals surface area contributed by atoms with Crippen LogP contribution in [0.2, 0.25) is 0 Å². The Bertz CT molecular complexity index is 2650. The van der Waals surface area contributed by atoms with E-state index in [0.29, 0.717) is 0 Å². The van der Waals surface area contributed by atoms with E-state index in [-0.39, 0.29) is 10.8 Å². The lowest BCUT2D eigenvalue weighted by Gasteiger charge is -2.26. The van der Waals surface area contributed by atoms with Crippen molar-refractivity contribution in [2.24, 2.45) is 0 Å². The fourth-order valence-electron chi connectivity index (χ4n) is 7.91. The van der Waals surface area contributed by atoms with Crippen LogP contribution in [-0.2, 0) is 10.8 Å². The third-order valence-corrected chi connectivity index (χ3v) is 10.8. The Balaban J connectivity index is 1.30. The van der Waals surface area contributed by atoms with Crippen molar-refractivity contribution in [2.75, 3.05) is 0 Å². The summed E-state index contributed by atoms with van der Waals surface area (Å²) in [6, 6.07) is 58.4. The van der Waals surface area contributed by atoms with E-state index in [9.17, 15) is 0 Å². The zero-order valence-electron chi connectivity index (χ0n) is 30.9. The molecule has 0 aliphatic rings. The lowest BCUT2D eigenvalue weighted by Crippen LogP contribution is -2.17. The van der Waals surface area contributed by atoms with Crippen LogP contribution in [0.25, 0.3) is 77.2 Å². The van der Waals surface area contributed by atoms with Gasteiger partial charge in [0.25, 0.3) is 0 Å². The Kier molecular flexibility index (Phi) is 7.31. The second-order valence-electron chi connectivity index (χ2n) is 16.4. The molecule has 2 aromatic heterocycles. The fraction of sp³-hybridized carbons (Fsp3) is 0.160. The molecule has 52 heavy (non-hydrogen) atoms. The highest BCUT2D eigenvalue weighted by Gasteiger charge is 2.23. The minimum Gasteiger partial charge on any atom is -0.309 e. The number of benzene rings is 7. The lowest BCUT2D eigenvalue weighted by atomic mass is 9.80. The van der Waals surface area contributed by atoms with Gasteiger partial charge in [0.2, 0.25) is 0 Å². The van der Waals surface area contributed by atoms with Crippen molar-refractivity contribution < 1.29 is 0 Å². The van der Waals surface area contributed by atoms with E-state index in [1.807, 2.05) is 0 Å². The van der Waals surface area contributed by atoms with Gasteiger partial charge in [-0.2, -0.15) is 0 Å². The van der Waals surface area contributed by atoms with Crippen molar-refractivity contribution in [2.45, 2.75) is 52.4 Å². The molecule has 254 valence electrons. The zero-order chi connectivity index (χ0) is 35.8. The number of fused-ring (bicyclic) bond motifs is 6. The van der Waals surface area contributed by atoms with Gasteiger partial charge in [-0.15, -0.1) is 0 Å². The molecule has 0 fully saturated rings. The van der Waals surface area contributed by atoms with Gasteiger partial charge in [-0.25, -0.2) is 0 Å². The van der Waals surface area contributed by atoms with E-state index < -0.39 is 0 Å². The molecule has 0 unspecified atom stereocenters. The van der Waals surface area contributed by atoms with Crippen molar-refractivity contribution in [1.82, 2.24) is 9.13 Å². The van der Waals surface area contributed by atoms with Gasteiger partial charge in [0.15, 0.2) is 0 Å². The van der Waals surface area contributed by atoms with E-state index >= 15 is 0 Å². The van der Waals surface area contributed by atoms with Gasteiger partial charge in [0.05, 0.1) is 22.1 Å². The average Bonchev–Trinajstić information content (AvgIpc) is 3.66. The number of hydrogen-bond donors (Lipinski definition) is 0. The van der Waals surface area contributed by atoms with Crippen LogP contribution < -0.4 is 0 Å². The Morgan fingerprint density at radius 2 is 0.731 bits per heavy atom. The first-order valence-electron chi connectivity index (χ1n) is 18.4. The van der Waals surface area contributed by atoms with Crippen molar-refractivity contribution in [3.8, 4) is 33.6 Å². The first-order valence-corrected chi connectivity index (χ1v) is 18.4. The molecular formula is C50H44N2. The Labute approximate surface area is 306 Å². The molecule has 0 aliphatic carbocycles. The Morgan fingerprint density at radius 3 is 1.25 bits per heavy atom. The maximum Gasteiger partial charge on any atom is 0.0542 e. The van der Waals surface area contributed by atoms with Gasteiger partial charge in [0.1, 0.15) is 0 Å². The third-order valence-electron chi connectivity index (χ3n) is 10.8. The summed E-state index contributed by atoms with van der Waals surface area (Å²) in [7, 11) is 0. The van der Waals surface area contributed by atoms with Crippen LogP contribution in [0.4, 0.5) is 0 Å². The third kappa shape index (κ3) is 5.33. The summed E-state index contributed by atoms with van der Waals surface area (Å²) in [4.78, 5) is 0. The largest absolute Gasteiger partial charge is 0.309 e. The predicted molar refractivity (Wildman–Crippen MR) is 223 cm³/mol. The van der Waals surface area contributed by atoms with Gasteiger partial charge in [-0.3, -0.25) is 0 Å². The molecule has 0 atom stereocenters. The second-order valence-corrected chi connectivity index (χ2v) is 16.4. The summed E-state index contributed by atoms with van der Waals surface area (Å²) >= 11 is 0. The predicted octanol–water partition coefficient (Wildman–Crippen LogP) is 13.8. The second kappa shape index (κ2) is 11.9. The van der Waals surface area contributed by atoms with Crippen molar-refractivity contribution >= 4 is 43.6 Å². The molecule has 0 amide bonds. The highest BCUT2D eigenvalue weighted by atomic mass is 15.0. The molecule has 0 N–H and O–H groups in total. The van der Waals surface area contributed by atoms with Gasteiger partial charge in [-0.1, -0.05) is 139 Å². The molecule has 0 saturated carbocycles. The summed E-state index contributed by atoms with van der Waals surface area (Å²) in [5, 5.41) is 5.02. The summed E-state index contributed by atoms with van der Waals surface area (Å²) in [6.07, 6.45) is 0. The van der Waals surface area contributed by atoms with E-state index in [2.05, 4.69) is 208 Å². The molecule has 0 saturated heterocycles. The van der Waals surface area contributed by atoms with Crippen LogP contribution in [0.5, 0.6) is 0 Å². The summed E-state index contributed by atoms with van der Waals surface area (Å²) in [5.41, 5.74) is 14.9. The molecule has 9 aromatic rings. The number of para-hydroxylation sites is 1. The van der Waals surface area contributed by atoms with Crippen LogP contribution in [0.1, 0.15) is 52.7 Å². The molecule has 9 rings (SSSR count). The van der Waals surface area contributed by atoms with Crippen LogP contribution in [-0.4, -0.2) is 9.13 Å². The molecular weight excluding hydrogens is 629 g/mol. The summed E-state index contributed by atoms with van der Waals surface area (Å²) in [5.74, 6) is 0. The van der Waals surface area contributed by atoms with E-state index in [4.69, 9.17) is 0 Å². The van der Waals surface area contributed by atoms with Crippen molar-refractivity contribution in [1.29, 1.82) is 0 Å². The fourth-order valence-corrected chi connectivity index (χ4v) is 7.91. The highest BCUT2D eigenvalue weighted by Crippen LogP contribution is 2.40. The smallest absolute Gasteiger partial charge is 0.0542 e. The van der Waals surface area contributed by atoms with Gasteiger partial charge >= 0.3 is 0 Å². The molecule has 0 aliphatic heterocycles. The van der Waals surface area contributed by atoms with Gasteiger partial charge in [0, 0.05) is 32.9 Å². The van der Waals surface area contributed by atoms with Crippen molar-refractivity contribution in [3.63, 3.8) is 0 Å². The molecule has 0 bridgehead atoms. The Morgan fingerprint density at radius 1 is 0.308 bits per heavy atom. The van der Waals surface area contributed by atoms with Crippen molar-refractivity contribution in [3.05, 3.63) is 169 Å². The Hall–Kier alpha value is -5.86. The van der Waals surface area contributed by atoms with Crippen LogP contribution in [0, 0.1) is 0 Å². The van der Waals surface area contributed by atoms with E-state index in [1.165, 1.54) is 82.7 Å². The molecule has 0 radical (unpaired) electrons. The minimum atomic E-state index is 0.0270. The molecule has 7 aromatic carbocycles.